The standard InChI is InChI=1S/C20H21BrCl2N2O4/c1-12(2)7-8-28-15-5-3-13(4-6-15)20(27)25-24-18(26)11-29-19-16(21)9-14(22)10-17(19)23/h3-6,9-10,12H,7-8,11H2,1-2H3,(H,24,26)(H,25,27). The zero-order chi connectivity index (χ0) is 21.4. The summed E-state index contributed by atoms with van der Waals surface area (Å²) in [6.45, 7) is 4.52. The minimum Gasteiger partial charge on any atom is -0.494 e. The predicted molar refractivity (Wildman–Crippen MR) is 117 cm³/mol. The number of hydrazine groups is 1. The molecule has 0 aliphatic rings. The molecule has 2 aromatic carbocycles. The molecule has 29 heavy (non-hydrogen) atoms. The summed E-state index contributed by atoms with van der Waals surface area (Å²) < 4.78 is 11.5. The number of rotatable bonds is 8. The smallest absolute Gasteiger partial charge is 0.276 e. The van der Waals surface area contributed by atoms with Crippen molar-refractivity contribution >= 4 is 50.9 Å². The molecular formula is C20H21BrCl2N2O4. The summed E-state index contributed by atoms with van der Waals surface area (Å²) in [7, 11) is 0. The maximum Gasteiger partial charge on any atom is 0.276 e. The number of hydrogen-bond donors (Lipinski definition) is 2. The molecule has 0 fully saturated rings. The van der Waals surface area contributed by atoms with Gasteiger partial charge in [0.25, 0.3) is 11.8 Å². The third-order valence-corrected chi connectivity index (χ3v) is 4.79. The van der Waals surface area contributed by atoms with E-state index in [-0.39, 0.29) is 17.4 Å². The molecule has 156 valence electrons. The lowest BCUT2D eigenvalue weighted by atomic mass is 10.1. The lowest BCUT2D eigenvalue weighted by Gasteiger charge is -2.12. The number of amides is 2. The van der Waals surface area contributed by atoms with Crippen molar-refractivity contribution in [3.63, 3.8) is 0 Å². The molecule has 9 heteroatoms. The Morgan fingerprint density at radius 3 is 2.38 bits per heavy atom. The van der Waals surface area contributed by atoms with E-state index in [1.165, 1.54) is 6.07 Å². The number of nitrogens with one attached hydrogen (secondary N) is 2. The summed E-state index contributed by atoms with van der Waals surface area (Å²) in [5, 5.41) is 0.694. The molecule has 2 N–H and O–H groups in total. The van der Waals surface area contributed by atoms with Crippen LogP contribution in [0.5, 0.6) is 11.5 Å². The highest BCUT2D eigenvalue weighted by Crippen LogP contribution is 2.35. The Hall–Kier alpha value is -1.96. The van der Waals surface area contributed by atoms with E-state index in [1.807, 2.05) is 0 Å². The van der Waals surface area contributed by atoms with E-state index in [4.69, 9.17) is 32.7 Å². The van der Waals surface area contributed by atoms with E-state index in [0.717, 1.165) is 6.42 Å². The van der Waals surface area contributed by atoms with Crippen molar-refractivity contribution < 1.29 is 19.1 Å². The maximum atomic E-state index is 12.1. The van der Waals surface area contributed by atoms with Crippen LogP contribution in [0.4, 0.5) is 0 Å². The second-order valence-electron chi connectivity index (χ2n) is 6.54. The minimum atomic E-state index is -0.551. The molecule has 0 spiro atoms. The summed E-state index contributed by atoms with van der Waals surface area (Å²) in [5.41, 5.74) is 4.99. The lowest BCUT2D eigenvalue weighted by molar-refractivity contribution is -0.123. The van der Waals surface area contributed by atoms with Crippen molar-refractivity contribution in [2.75, 3.05) is 13.2 Å². The molecule has 0 unspecified atom stereocenters. The van der Waals surface area contributed by atoms with Gasteiger partial charge in [-0.25, -0.2) is 0 Å². The zero-order valence-corrected chi connectivity index (χ0v) is 19.0. The molecule has 2 amide bonds. The molecule has 2 rings (SSSR count). The molecule has 0 aliphatic carbocycles. The summed E-state index contributed by atoms with van der Waals surface area (Å²) in [4.78, 5) is 24.0. The van der Waals surface area contributed by atoms with Gasteiger partial charge in [0.15, 0.2) is 12.4 Å². The molecule has 0 saturated carbocycles. The molecule has 0 aromatic heterocycles. The Morgan fingerprint density at radius 1 is 1.07 bits per heavy atom. The number of benzene rings is 2. The zero-order valence-electron chi connectivity index (χ0n) is 15.9. The van der Waals surface area contributed by atoms with Gasteiger partial charge >= 0.3 is 0 Å². The van der Waals surface area contributed by atoms with Crippen LogP contribution in [-0.2, 0) is 4.79 Å². The third-order valence-electron chi connectivity index (χ3n) is 3.71. The topological polar surface area (TPSA) is 76.7 Å². The first-order valence-electron chi connectivity index (χ1n) is 8.85. The van der Waals surface area contributed by atoms with E-state index < -0.39 is 11.8 Å². The first-order valence-corrected chi connectivity index (χ1v) is 10.4. The molecule has 0 aliphatic heterocycles. The van der Waals surface area contributed by atoms with Gasteiger partial charge in [-0.2, -0.15) is 0 Å². The molecule has 2 aromatic rings. The van der Waals surface area contributed by atoms with Gasteiger partial charge in [0.05, 0.1) is 16.1 Å². The number of carbonyl (C=O) groups excluding carboxylic acids is 2. The van der Waals surface area contributed by atoms with Gasteiger partial charge in [0.2, 0.25) is 0 Å². The van der Waals surface area contributed by atoms with Crippen LogP contribution in [-0.4, -0.2) is 25.0 Å². The number of carbonyl (C=O) groups is 2. The predicted octanol–water partition coefficient (Wildman–Crippen LogP) is 5.02. The van der Waals surface area contributed by atoms with Crippen molar-refractivity contribution in [1.29, 1.82) is 0 Å². The highest BCUT2D eigenvalue weighted by atomic mass is 79.9. The van der Waals surface area contributed by atoms with Gasteiger partial charge in [-0.1, -0.05) is 37.0 Å². The van der Waals surface area contributed by atoms with Crippen LogP contribution in [0.15, 0.2) is 40.9 Å². The number of ether oxygens (including phenoxy) is 2. The van der Waals surface area contributed by atoms with E-state index in [0.29, 0.717) is 33.3 Å². The van der Waals surface area contributed by atoms with Crippen LogP contribution in [0, 0.1) is 5.92 Å². The van der Waals surface area contributed by atoms with Gasteiger partial charge in [-0.15, -0.1) is 0 Å². The maximum absolute atomic E-state index is 12.1. The Balaban J connectivity index is 1.79. The fourth-order valence-corrected chi connectivity index (χ4v) is 3.52. The van der Waals surface area contributed by atoms with Crippen molar-refractivity contribution in [1.82, 2.24) is 10.9 Å². The van der Waals surface area contributed by atoms with Gasteiger partial charge in [0, 0.05) is 10.6 Å². The lowest BCUT2D eigenvalue weighted by Crippen LogP contribution is -2.43. The number of halogens is 3. The van der Waals surface area contributed by atoms with Gasteiger partial charge in [-0.05, 0) is 64.7 Å². The fourth-order valence-electron chi connectivity index (χ4n) is 2.15. The third kappa shape index (κ3) is 7.76. The largest absolute Gasteiger partial charge is 0.494 e. The average Bonchev–Trinajstić information content (AvgIpc) is 2.65. The summed E-state index contributed by atoms with van der Waals surface area (Å²) in [6, 6.07) is 9.75. The summed E-state index contributed by atoms with van der Waals surface area (Å²) in [5.74, 6) is 0.516. The van der Waals surface area contributed by atoms with Gasteiger partial charge in [0.1, 0.15) is 5.75 Å². The monoisotopic (exact) mass is 502 g/mol. The fraction of sp³-hybridized carbons (Fsp3) is 0.300. The van der Waals surface area contributed by atoms with E-state index in [1.54, 1.807) is 30.3 Å². The molecule has 0 bridgehead atoms. The molecule has 0 saturated heterocycles. The first kappa shape index (κ1) is 23.3. The van der Waals surface area contributed by atoms with E-state index in [9.17, 15) is 9.59 Å². The van der Waals surface area contributed by atoms with E-state index >= 15 is 0 Å². The SMILES string of the molecule is CC(C)CCOc1ccc(C(=O)NNC(=O)COc2c(Cl)cc(Cl)cc2Br)cc1. The van der Waals surface area contributed by atoms with Crippen molar-refractivity contribution in [3.05, 3.63) is 56.5 Å². The van der Waals surface area contributed by atoms with Crippen LogP contribution >= 0.6 is 39.1 Å². The van der Waals surface area contributed by atoms with Crippen LogP contribution in [0.25, 0.3) is 0 Å². The Labute approximate surface area is 188 Å². The minimum absolute atomic E-state index is 0.261. The molecular weight excluding hydrogens is 483 g/mol. The Bertz CT molecular complexity index is 837. The Kier molecular flexibility index (Phi) is 9.07. The molecule has 0 heterocycles. The molecule has 6 nitrogen and oxygen atoms in total. The summed E-state index contributed by atoms with van der Waals surface area (Å²) >= 11 is 15.2. The highest BCUT2D eigenvalue weighted by molar-refractivity contribution is 9.10. The van der Waals surface area contributed by atoms with Crippen molar-refractivity contribution in [3.8, 4) is 11.5 Å². The first-order chi connectivity index (χ1) is 13.8. The second kappa shape index (κ2) is 11.3. The van der Waals surface area contributed by atoms with E-state index in [2.05, 4.69) is 40.6 Å². The highest BCUT2D eigenvalue weighted by Gasteiger charge is 2.12. The molecule has 0 atom stereocenters. The normalized spacial score (nSPS) is 10.6. The molecule has 0 radical (unpaired) electrons. The average molecular weight is 504 g/mol. The second-order valence-corrected chi connectivity index (χ2v) is 8.24. The van der Waals surface area contributed by atoms with Crippen molar-refractivity contribution in [2.45, 2.75) is 20.3 Å². The van der Waals surface area contributed by atoms with Crippen molar-refractivity contribution in [2.24, 2.45) is 5.92 Å². The quantitative estimate of drug-likeness (QED) is 0.496. The van der Waals surface area contributed by atoms with Crippen LogP contribution in [0.2, 0.25) is 10.0 Å². The van der Waals surface area contributed by atoms with Crippen LogP contribution in [0.1, 0.15) is 30.6 Å². The van der Waals surface area contributed by atoms with Crippen LogP contribution < -0.4 is 20.3 Å². The van der Waals surface area contributed by atoms with Crippen LogP contribution in [0.3, 0.4) is 0 Å². The van der Waals surface area contributed by atoms with Gasteiger partial charge in [-0.3, -0.25) is 20.4 Å². The Morgan fingerprint density at radius 2 is 1.76 bits per heavy atom. The van der Waals surface area contributed by atoms with Gasteiger partial charge < -0.3 is 9.47 Å². The summed E-state index contributed by atoms with van der Waals surface area (Å²) in [6.07, 6.45) is 0.953. The number of hydrogen-bond acceptors (Lipinski definition) is 4.